The second-order valence-corrected chi connectivity index (χ2v) is 40.5. The number of ether oxygens (including phenoxy) is 1. The Labute approximate surface area is 328 Å². The van der Waals surface area contributed by atoms with Gasteiger partial charge in [0, 0.05) is 0 Å². The molecular formula is C43H72FNO5Si2Sn. The van der Waals surface area contributed by atoms with Gasteiger partial charge in [-0.1, -0.05) is 0 Å². The minimum absolute atomic E-state index is 0.0167. The Morgan fingerprint density at radius 2 is 1.23 bits per heavy atom. The molecule has 0 radical (unpaired) electrons. The van der Waals surface area contributed by atoms with Gasteiger partial charge in [-0.15, -0.1) is 0 Å². The Hall–Kier alpha value is -2.12. The van der Waals surface area contributed by atoms with Crippen molar-refractivity contribution in [3.8, 4) is 11.5 Å². The quantitative estimate of drug-likeness (QED) is 0.106. The molecule has 0 aliphatic heterocycles. The molecular weight excluding hydrogens is 804 g/mol. The topological polar surface area (TPSA) is 73.9 Å². The molecule has 0 saturated carbocycles. The van der Waals surface area contributed by atoms with E-state index in [1.165, 1.54) is 13.2 Å². The molecule has 0 aliphatic carbocycles. The number of amides is 1. The molecule has 0 aliphatic rings. The Morgan fingerprint density at radius 1 is 0.755 bits per heavy atom. The maximum absolute atomic E-state index is 17.6. The van der Waals surface area contributed by atoms with Crippen molar-refractivity contribution in [2.24, 2.45) is 0 Å². The van der Waals surface area contributed by atoms with Crippen molar-refractivity contribution in [2.45, 2.75) is 162 Å². The van der Waals surface area contributed by atoms with Crippen LogP contribution in [-0.4, -0.2) is 59.5 Å². The molecule has 1 atom stereocenters. The summed E-state index contributed by atoms with van der Waals surface area (Å²) in [5, 5.41) is 2.89. The Kier molecular flexibility index (Phi) is 17.4. The number of hydrogen-bond acceptors (Lipinski definition) is 5. The summed E-state index contributed by atoms with van der Waals surface area (Å²) in [6, 6.07) is 14.6. The summed E-state index contributed by atoms with van der Waals surface area (Å²) in [7, 11) is -3.32. The van der Waals surface area contributed by atoms with E-state index in [1.54, 1.807) is 24.3 Å². The summed E-state index contributed by atoms with van der Waals surface area (Å²) in [4.78, 5) is 28.3. The molecule has 2 rings (SSSR count). The first-order chi connectivity index (χ1) is 24.5. The van der Waals surface area contributed by atoms with Crippen molar-refractivity contribution in [3.05, 3.63) is 69.6 Å². The Bertz CT molecular complexity index is 1490. The number of carbonyl (C=O) groups is 2. The average molecular weight is 877 g/mol. The molecule has 1 N–H and O–H groups in total. The van der Waals surface area contributed by atoms with E-state index in [4.69, 9.17) is 13.6 Å². The predicted octanol–water partition coefficient (Wildman–Crippen LogP) is 12.6. The third-order valence-electron chi connectivity index (χ3n) is 11.7. The van der Waals surface area contributed by atoms with Gasteiger partial charge in [0.25, 0.3) is 0 Å². The van der Waals surface area contributed by atoms with Crippen molar-refractivity contribution in [1.82, 2.24) is 5.32 Å². The van der Waals surface area contributed by atoms with Crippen molar-refractivity contribution >= 4 is 46.9 Å². The van der Waals surface area contributed by atoms with E-state index in [2.05, 4.69) is 93.8 Å². The van der Waals surface area contributed by atoms with Gasteiger partial charge in [0.1, 0.15) is 0 Å². The summed E-state index contributed by atoms with van der Waals surface area (Å²) in [6.45, 7) is 28.5. The predicted molar refractivity (Wildman–Crippen MR) is 229 cm³/mol. The van der Waals surface area contributed by atoms with Gasteiger partial charge in [0.15, 0.2) is 0 Å². The molecule has 298 valence electrons. The minimum atomic E-state index is -3.69. The summed E-state index contributed by atoms with van der Waals surface area (Å²) in [5.41, 5.74) is -0.706. The second kappa shape index (κ2) is 19.7. The SMILES string of the molecule is CCC[CH2][Sn]([CH2]CCC)([CH2]CCC)/[C](F)=C/[C@@](Cc1ccc(O[Si](C)(C)C(C)(C)C)c(O[Si](C)(C)C(C)(C)C)c1)(NC(=O)c1ccccc1)C(=O)OC. The Morgan fingerprint density at radius 3 is 1.66 bits per heavy atom. The normalized spacial score (nSPS) is 14.4. The van der Waals surface area contributed by atoms with Gasteiger partial charge in [0.05, 0.1) is 0 Å². The van der Waals surface area contributed by atoms with Crippen molar-refractivity contribution < 1.29 is 27.6 Å². The van der Waals surface area contributed by atoms with Crippen LogP contribution in [0.5, 0.6) is 11.5 Å². The van der Waals surface area contributed by atoms with Crippen molar-refractivity contribution in [2.75, 3.05) is 7.11 Å². The molecule has 0 saturated heterocycles. The monoisotopic (exact) mass is 877 g/mol. The van der Waals surface area contributed by atoms with E-state index >= 15 is 4.39 Å². The number of methoxy groups -OCH3 is 1. The van der Waals surface area contributed by atoms with Crippen molar-refractivity contribution in [1.29, 1.82) is 0 Å². The van der Waals surface area contributed by atoms with Crippen molar-refractivity contribution in [3.63, 3.8) is 0 Å². The molecule has 0 bridgehead atoms. The van der Waals surface area contributed by atoms with Crippen LogP contribution in [0.2, 0.25) is 49.6 Å². The van der Waals surface area contributed by atoms with Crippen LogP contribution in [0, 0.1) is 0 Å². The van der Waals surface area contributed by atoms with Crippen LogP contribution in [0.25, 0.3) is 0 Å². The summed E-state index contributed by atoms with van der Waals surface area (Å²) >= 11 is -3.69. The number of nitrogens with one attached hydrogen (secondary N) is 1. The zero-order valence-electron chi connectivity index (χ0n) is 35.7. The third-order valence-corrected chi connectivity index (χ3v) is 34.9. The summed E-state index contributed by atoms with van der Waals surface area (Å²) in [5.74, 6) is 0.107. The van der Waals surface area contributed by atoms with Crippen LogP contribution >= 0.6 is 0 Å². The molecule has 10 heteroatoms. The van der Waals surface area contributed by atoms with E-state index < -0.39 is 52.4 Å². The van der Waals surface area contributed by atoms with E-state index in [0.717, 1.165) is 51.8 Å². The van der Waals surface area contributed by atoms with E-state index in [-0.39, 0.29) is 20.3 Å². The van der Waals surface area contributed by atoms with Crippen LogP contribution in [0.15, 0.2) is 58.4 Å². The Balaban J connectivity index is 2.95. The molecule has 53 heavy (non-hydrogen) atoms. The average Bonchev–Trinajstić information content (AvgIpc) is 3.07. The van der Waals surface area contributed by atoms with Gasteiger partial charge in [0.2, 0.25) is 0 Å². The molecule has 0 fully saturated rings. The van der Waals surface area contributed by atoms with Gasteiger partial charge in [-0.25, -0.2) is 0 Å². The fourth-order valence-corrected chi connectivity index (χ4v) is 22.6. The molecule has 0 aromatic heterocycles. The van der Waals surface area contributed by atoms with Gasteiger partial charge in [-0.05, 0) is 0 Å². The fraction of sp³-hybridized carbons (Fsp3) is 0.628. The number of hydrogen-bond donors (Lipinski definition) is 1. The van der Waals surface area contributed by atoms with Crippen LogP contribution in [-0.2, 0) is 16.0 Å². The zero-order valence-corrected chi connectivity index (χ0v) is 40.5. The number of unbranched alkanes of at least 4 members (excludes halogenated alkanes) is 3. The van der Waals surface area contributed by atoms with E-state index in [1.807, 2.05) is 24.3 Å². The van der Waals surface area contributed by atoms with E-state index in [0.29, 0.717) is 22.6 Å². The third kappa shape index (κ3) is 12.7. The van der Waals surface area contributed by atoms with Crippen LogP contribution in [0.4, 0.5) is 4.39 Å². The number of benzene rings is 2. The number of carbonyl (C=O) groups excluding carboxylic acids is 2. The van der Waals surface area contributed by atoms with Crippen LogP contribution in [0.3, 0.4) is 0 Å². The standard InChI is InChI=1S/C31H45FNO5Si2.3C4H9.Sn/c1-29(2,3)39(8,9)37-25-18-17-23(21-26(25)38-40(10,11)30(4,5)6)22-31(19-20-32,28(35)36-7)33-27(34)24-15-13-12-14-16-24;3*1-3-4-2;/h12-19,21H,22H2,1-11H3,(H,33,34);3*1,3-4H2,2H3;/t31-;;;;/m0..../s1. The van der Waals surface area contributed by atoms with Crippen LogP contribution < -0.4 is 14.2 Å². The summed E-state index contributed by atoms with van der Waals surface area (Å²) < 4.78 is 39.4. The number of esters is 1. The number of halogens is 1. The zero-order chi connectivity index (χ0) is 40.3. The molecule has 0 unspecified atom stereocenters. The van der Waals surface area contributed by atoms with Gasteiger partial charge in [-0.2, -0.15) is 0 Å². The first-order valence-corrected chi connectivity index (χ1v) is 33.2. The van der Waals surface area contributed by atoms with E-state index in [9.17, 15) is 9.59 Å². The molecule has 2 aromatic carbocycles. The molecule has 2 aromatic rings. The number of rotatable bonds is 20. The van der Waals surface area contributed by atoms with Gasteiger partial charge < -0.3 is 0 Å². The summed E-state index contributed by atoms with van der Waals surface area (Å²) in [6.07, 6.45) is 7.27. The molecule has 0 heterocycles. The molecule has 0 spiro atoms. The second-order valence-electron chi connectivity index (χ2n) is 18.0. The maximum atomic E-state index is 17.6. The van der Waals surface area contributed by atoms with Gasteiger partial charge >= 0.3 is 330 Å². The molecule has 6 nitrogen and oxygen atoms in total. The van der Waals surface area contributed by atoms with Gasteiger partial charge in [-0.3, -0.25) is 0 Å². The first kappa shape index (κ1) is 47.0. The van der Waals surface area contributed by atoms with Crippen LogP contribution in [0.1, 0.15) is 117 Å². The first-order valence-electron chi connectivity index (χ1n) is 19.9. The fourth-order valence-electron chi connectivity index (χ4n) is 6.01. The molecule has 1 amide bonds.